The van der Waals surface area contributed by atoms with Crippen molar-refractivity contribution in [3.8, 4) is 11.5 Å². The van der Waals surface area contributed by atoms with Crippen LogP contribution in [0.2, 0.25) is 0 Å². The van der Waals surface area contributed by atoms with Crippen LogP contribution in [0.3, 0.4) is 0 Å². The summed E-state index contributed by atoms with van der Waals surface area (Å²) in [6.45, 7) is 0. The molecular weight excluding hydrogens is 244 g/mol. The van der Waals surface area contributed by atoms with Gasteiger partial charge in [-0.15, -0.1) is 0 Å². The molecule has 0 bridgehead atoms. The Morgan fingerprint density at radius 1 is 1.29 bits per heavy atom. The summed E-state index contributed by atoms with van der Waals surface area (Å²) in [5, 5.41) is 0.835. The fraction of sp³-hybridized carbons (Fsp3) is 0.273. The van der Waals surface area contributed by atoms with Gasteiger partial charge in [0.2, 0.25) is 0 Å². The SMILES string of the molecule is COc1ccc(C=CCBr)c(OC)c1. The number of methoxy groups -OCH3 is 2. The van der Waals surface area contributed by atoms with E-state index in [9.17, 15) is 0 Å². The predicted molar refractivity (Wildman–Crippen MR) is 62.4 cm³/mol. The zero-order valence-corrected chi connectivity index (χ0v) is 9.87. The molecule has 0 aliphatic rings. The first-order chi connectivity index (χ1) is 6.81. The van der Waals surface area contributed by atoms with Crippen molar-refractivity contribution in [1.82, 2.24) is 0 Å². The van der Waals surface area contributed by atoms with Crippen molar-refractivity contribution in [3.05, 3.63) is 29.8 Å². The second-order valence-electron chi connectivity index (χ2n) is 2.66. The second kappa shape index (κ2) is 5.70. The molecule has 0 radical (unpaired) electrons. The number of ether oxygens (including phenoxy) is 2. The molecule has 0 atom stereocenters. The van der Waals surface area contributed by atoms with Gasteiger partial charge < -0.3 is 9.47 Å². The monoisotopic (exact) mass is 256 g/mol. The van der Waals surface area contributed by atoms with Gasteiger partial charge in [-0.1, -0.05) is 28.1 Å². The maximum absolute atomic E-state index is 5.24. The van der Waals surface area contributed by atoms with E-state index in [4.69, 9.17) is 9.47 Å². The molecule has 0 heterocycles. The maximum atomic E-state index is 5.24. The van der Waals surface area contributed by atoms with Crippen LogP contribution in [0.4, 0.5) is 0 Å². The number of hydrogen-bond acceptors (Lipinski definition) is 2. The van der Waals surface area contributed by atoms with Gasteiger partial charge in [0.05, 0.1) is 14.2 Å². The van der Waals surface area contributed by atoms with Crippen molar-refractivity contribution in [3.63, 3.8) is 0 Å². The van der Waals surface area contributed by atoms with Crippen LogP contribution in [0, 0.1) is 0 Å². The zero-order chi connectivity index (χ0) is 10.4. The molecule has 0 N–H and O–H groups in total. The number of alkyl halides is 1. The molecule has 0 fully saturated rings. The molecule has 0 spiro atoms. The van der Waals surface area contributed by atoms with Crippen molar-refractivity contribution < 1.29 is 9.47 Å². The summed E-state index contributed by atoms with van der Waals surface area (Å²) < 4.78 is 10.3. The highest BCUT2D eigenvalue weighted by atomic mass is 79.9. The van der Waals surface area contributed by atoms with Gasteiger partial charge in [0, 0.05) is 17.0 Å². The molecule has 0 aliphatic carbocycles. The Bertz CT molecular complexity index is 321. The van der Waals surface area contributed by atoms with E-state index < -0.39 is 0 Å². The second-order valence-corrected chi connectivity index (χ2v) is 3.31. The molecule has 0 saturated carbocycles. The van der Waals surface area contributed by atoms with Crippen LogP contribution < -0.4 is 9.47 Å². The highest BCUT2D eigenvalue weighted by Gasteiger charge is 2.00. The van der Waals surface area contributed by atoms with Crippen LogP contribution >= 0.6 is 15.9 Å². The summed E-state index contributed by atoms with van der Waals surface area (Å²) in [7, 11) is 3.29. The lowest BCUT2D eigenvalue weighted by atomic mass is 10.2. The number of benzene rings is 1. The lowest BCUT2D eigenvalue weighted by molar-refractivity contribution is 0.394. The van der Waals surface area contributed by atoms with E-state index in [1.165, 1.54) is 0 Å². The van der Waals surface area contributed by atoms with Gasteiger partial charge in [-0.05, 0) is 12.1 Å². The van der Waals surface area contributed by atoms with Crippen LogP contribution in [0.15, 0.2) is 24.3 Å². The molecular formula is C11H13BrO2. The van der Waals surface area contributed by atoms with Gasteiger partial charge in [-0.2, -0.15) is 0 Å². The van der Waals surface area contributed by atoms with Gasteiger partial charge in [-0.25, -0.2) is 0 Å². The normalized spacial score (nSPS) is 10.5. The molecule has 0 saturated heterocycles. The summed E-state index contributed by atoms with van der Waals surface area (Å²) in [5.41, 5.74) is 1.05. The lowest BCUT2D eigenvalue weighted by Gasteiger charge is -2.06. The minimum Gasteiger partial charge on any atom is -0.497 e. The predicted octanol–water partition coefficient (Wildman–Crippen LogP) is 3.11. The number of hydrogen-bond donors (Lipinski definition) is 0. The Morgan fingerprint density at radius 2 is 2.07 bits per heavy atom. The zero-order valence-electron chi connectivity index (χ0n) is 8.29. The van der Waals surface area contributed by atoms with Crippen LogP contribution in [-0.2, 0) is 0 Å². The van der Waals surface area contributed by atoms with E-state index in [0.717, 1.165) is 22.4 Å². The van der Waals surface area contributed by atoms with Crippen molar-refractivity contribution in [1.29, 1.82) is 0 Å². The third kappa shape index (κ3) is 2.77. The Balaban J connectivity index is 2.99. The Labute approximate surface area is 92.7 Å². The number of allylic oxidation sites excluding steroid dienone is 1. The summed E-state index contributed by atoms with van der Waals surface area (Å²) in [6.07, 6.45) is 4.03. The number of rotatable bonds is 4. The van der Waals surface area contributed by atoms with E-state index in [-0.39, 0.29) is 0 Å². The molecule has 3 heteroatoms. The van der Waals surface area contributed by atoms with Crippen LogP contribution in [0.25, 0.3) is 6.08 Å². The molecule has 2 nitrogen and oxygen atoms in total. The van der Waals surface area contributed by atoms with Crippen molar-refractivity contribution in [2.45, 2.75) is 0 Å². The molecule has 0 unspecified atom stereocenters. The first-order valence-electron chi connectivity index (χ1n) is 4.26. The molecule has 0 aliphatic heterocycles. The van der Waals surface area contributed by atoms with Crippen LogP contribution in [0.1, 0.15) is 5.56 Å². The molecule has 76 valence electrons. The molecule has 1 aromatic rings. The lowest BCUT2D eigenvalue weighted by Crippen LogP contribution is -1.89. The van der Waals surface area contributed by atoms with Crippen LogP contribution in [-0.4, -0.2) is 19.5 Å². The van der Waals surface area contributed by atoms with E-state index in [1.807, 2.05) is 30.4 Å². The van der Waals surface area contributed by atoms with Gasteiger partial charge in [0.1, 0.15) is 11.5 Å². The van der Waals surface area contributed by atoms with Crippen molar-refractivity contribution in [2.24, 2.45) is 0 Å². The smallest absolute Gasteiger partial charge is 0.129 e. The van der Waals surface area contributed by atoms with E-state index in [0.29, 0.717) is 0 Å². The Hall–Kier alpha value is -0.960. The number of halogens is 1. The van der Waals surface area contributed by atoms with Gasteiger partial charge in [0.15, 0.2) is 0 Å². The largest absolute Gasteiger partial charge is 0.497 e. The third-order valence-electron chi connectivity index (χ3n) is 1.83. The van der Waals surface area contributed by atoms with Crippen molar-refractivity contribution >= 4 is 22.0 Å². The summed E-state index contributed by atoms with van der Waals surface area (Å²) in [6, 6.07) is 5.75. The van der Waals surface area contributed by atoms with Crippen molar-refractivity contribution in [2.75, 3.05) is 19.5 Å². The first kappa shape index (κ1) is 11.1. The quantitative estimate of drug-likeness (QED) is 0.771. The summed E-state index contributed by atoms with van der Waals surface area (Å²) in [4.78, 5) is 0. The topological polar surface area (TPSA) is 18.5 Å². The van der Waals surface area contributed by atoms with E-state index >= 15 is 0 Å². The summed E-state index contributed by atoms with van der Waals surface area (Å²) in [5.74, 6) is 1.62. The summed E-state index contributed by atoms with van der Waals surface area (Å²) >= 11 is 3.33. The molecule has 1 aromatic carbocycles. The average molecular weight is 257 g/mol. The minimum atomic E-state index is 0.804. The van der Waals surface area contributed by atoms with E-state index in [1.54, 1.807) is 14.2 Å². The molecule has 14 heavy (non-hydrogen) atoms. The molecule has 0 aromatic heterocycles. The molecule has 0 amide bonds. The highest BCUT2D eigenvalue weighted by molar-refractivity contribution is 9.09. The van der Waals surface area contributed by atoms with Gasteiger partial charge in [0.25, 0.3) is 0 Å². The maximum Gasteiger partial charge on any atom is 0.129 e. The van der Waals surface area contributed by atoms with Crippen LogP contribution in [0.5, 0.6) is 11.5 Å². The van der Waals surface area contributed by atoms with E-state index in [2.05, 4.69) is 15.9 Å². The first-order valence-corrected chi connectivity index (χ1v) is 5.38. The Morgan fingerprint density at radius 3 is 2.64 bits per heavy atom. The third-order valence-corrected chi connectivity index (χ3v) is 2.20. The fourth-order valence-corrected chi connectivity index (χ4v) is 1.31. The highest BCUT2D eigenvalue weighted by Crippen LogP contribution is 2.25. The fourth-order valence-electron chi connectivity index (χ4n) is 1.13. The van der Waals surface area contributed by atoms with Gasteiger partial charge >= 0.3 is 0 Å². The molecule has 1 rings (SSSR count). The van der Waals surface area contributed by atoms with Gasteiger partial charge in [-0.3, -0.25) is 0 Å². The average Bonchev–Trinajstić information content (AvgIpc) is 2.26. The standard InChI is InChI=1S/C11H13BrO2/c1-13-10-6-5-9(4-3-7-12)11(8-10)14-2/h3-6,8H,7H2,1-2H3. The minimum absolute atomic E-state index is 0.804. The Kier molecular flexibility index (Phi) is 4.53.